The van der Waals surface area contributed by atoms with Crippen LogP contribution in [0.25, 0.3) is 0 Å². The Morgan fingerprint density at radius 1 is 0.643 bits per heavy atom. The molecule has 0 fully saturated rings. The number of nitrogens with zero attached hydrogens (tertiary/aromatic N) is 1. The van der Waals surface area contributed by atoms with E-state index in [-0.39, 0.29) is 11.0 Å². The predicted octanol–water partition coefficient (Wildman–Crippen LogP) is 7.64. The van der Waals surface area contributed by atoms with Crippen LogP contribution in [-0.2, 0) is 5.41 Å². The van der Waals surface area contributed by atoms with Gasteiger partial charge in [-0.05, 0) is 56.0 Å². The highest BCUT2D eigenvalue weighted by Crippen LogP contribution is 2.34. The van der Waals surface area contributed by atoms with Crippen LogP contribution >= 0.6 is 0 Å². The van der Waals surface area contributed by atoms with E-state index >= 15 is 0 Å². The third-order valence-electron chi connectivity index (χ3n) is 6.43. The molecule has 2 aromatic carbocycles. The summed E-state index contributed by atoms with van der Waals surface area (Å²) in [6.45, 7) is 20.8. The van der Waals surface area contributed by atoms with Gasteiger partial charge >= 0.3 is 0 Å². The molecule has 0 heterocycles. The van der Waals surface area contributed by atoms with Gasteiger partial charge in [-0.3, -0.25) is 0 Å². The van der Waals surface area contributed by atoms with E-state index in [2.05, 4.69) is 116 Å². The molecule has 0 N–H and O–H groups in total. The average molecular weight is 396 g/mol. The first-order valence-electron chi connectivity index (χ1n) is 11.0. The van der Waals surface area contributed by atoms with Crippen LogP contribution in [0.2, 0.25) is 18.1 Å². The summed E-state index contributed by atoms with van der Waals surface area (Å²) >= 11 is 0. The number of rotatable bonds is 6. The van der Waals surface area contributed by atoms with E-state index in [1.54, 1.807) is 5.19 Å². The molecule has 0 aliphatic carbocycles. The SMILES string of the molecule is CC[Si](CC)(CC)c1ccc(N(c2ccc(C(C)(C)C)cc2)C(C)(C)C)cc1. The number of hydrogen-bond donors (Lipinski definition) is 0. The third-order valence-corrected chi connectivity index (χ3v) is 12.0. The Balaban J connectivity index is 2.45. The van der Waals surface area contributed by atoms with Crippen LogP contribution in [0, 0.1) is 0 Å². The topological polar surface area (TPSA) is 3.24 Å². The first kappa shape index (κ1) is 22.7. The monoisotopic (exact) mass is 395 g/mol. The Bertz CT molecular complexity index is 733. The normalized spacial score (nSPS) is 12.9. The first-order chi connectivity index (χ1) is 13.0. The lowest BCUT2D eigenvalue weighted by molar-refractivity contribution is 0.559. The van der Waals surface area contributed by atoms with Gasteiger partial charge in [0.05, 0.1) is 8.07 Å². The van der Waals surface area contributed by atoms with Gasteiger partial charge in [0, 0.05) is 16.9 Å². The van der Waals surface area contributed by atoms with Crippen molar-refractivity contribution < 1.29 is 0 Å². The molecule has 154 valence electrons. The lowest BCUT2D eigenvalue weighted by atomic mass is 9.87. The number of hydrogen-bond acceptors (Lipinski definition) is 1. The van der Waals surface area contributed by atoms with E-state index in [0.717, 1.165) is 0 Å². The molecule has 1 nitrogen and oxygen atoms in total. The highest BCUT2D eigenvalue weighted by atomic mass is 28.3. The molecular formula is C26H41NSi. The molecule has 0 bridgehead atoms. The van der Waals surface area contributed by atoms with E-state index in [9.17, 15) is 0 Å². The largest absolute Gasteiger partial charge is 0.336 e. The van der Waals surface area contributed by atoms with Crippen molar-refractivity contribution in [3.63, 3.8) is 0 Å². The molecule has 0 unspecified atom stereocenters. The van der Waals surface area contributed by atoms with Crippen molar-refractivity contribution in [2.75, 3.05) is 4.90 Å². The third kappa shape index (κ3) is 4.71. The van der Waals surface area contributed by atoms with Gasteiger partial charge in [0.1, 0.15) is 0 Å². The van der Waals surface area contributed by atoms with Crippen molar-refractivity contribution in [3.05, 3.63) is 54.1 Å². The molecule has 2 aromatic rings. The van der Waals surface area contributed by atoms with Gasteiger partial charge in [-0.2, -0.15) is 0 Å². The smallest absolute Gasteiger partial charge is 0.0859 e. The lowest BCUT2D eigenvalue weighted by Crippen LogP contribution is -2.45. The van der Waals surface area contributed by atoms with Gasteiger partial charge in [0.25, 0.3) is 0 Å². The molecule has 0 saturated heterocycles. The Hall–Kier alpha value is -1.54. The highest BCUT2D eigenvalue weighted by Gasteiger charge is 2.30. The lowest BCUT2D eigenvalue weighted by Gasteiger charge is -2.38. The van der Waals surface area contributed by atoms with Gasteiger partial charge in [-0.25, -0.2) is 0 Å². The quantitative estimate of drug-likeness (QED) is 0.454. The van der Waals surface area contributed by atoms with Gasteiger partial charge in [0.2, 0.25) is 0 Å². The maximum absolute atomic E-state index is 2.47. The zero-order valence-electron chi connectivity index (χ0n) is 19.7. The second-order valence-corrected chi connectivity index (χ2v) is 15.5. The summed E-state index contributed by atoms with van der Waals surface area (Å²) in [4.78, 5) is 2.47. The summed E-state index contributed by atoms with van der Waals surface area (Å²) in [6.07, 6.45) is 0. The molecule has 2 rings (SSSR count). The van der Waals surface area contributed by atoms with Crippen LogP contribution < -0.4 is 10.1 Å². The molecule has 0 spiro atoms. The maximum atomic E-state index is 2.47. The summed E-state index contributed by atoms with van der Waals surface area (Å²) in [7, 11) is -1.32. The van der Waals surface area contributed by atoms with E-state index in [1.807, 2.05) is 0 Å². The van der Waals surface area contributed by atoms with Crippen molar-refractivity contribution in [2.45, 2.75) is 91.4 Å². The van der Waals surface area contributed by atoms with E-state index < -0.39 is 8.07 Å². The van der Waals surface area contributed by atoms with E-state index in [4.69, 9.17) is 0 Å². The summed E-state index contributed by atoms with van der Waals surface area (Å²) in [5.74, 6) is 0. The van der Waals surface area contributed by atoms with Crippen LogP contribution in [0.1, 0.15) is 67.9 Å². The van der Waals surface area contributed by atoms with Crippen LogP contribution in [-0.4, -0.2) is 13.6 Å². The Morgan fingerprint density at radius 3 is 1.36 bits per heavy atom. The van der Waals surface area contributed by atoms with Crippen molar-refractivity contribution in [1.82, 2.24) is 0 Å². The standard InChI is InChI=1S/C26H41NSi/c1-10-28(11-2,12-3)24-19-17-23(18-20-24)27(26(7,8)9)22-15-13-21(14-16-22)25(4,5)6/h13-20H,10-12H2,1-9H3. The molecule has 0 aromatic heterocycles. The first-order valence-corrected chi connectivity index (χ1v) is 13.6. The summed E-state index contributed by atoms with van der Waals surface area (Å²) in [6, 6.07) is 22.6. The molecule has 0 amide bonds. The fourth-order valence-corrected chi connectivity index (χ4v) is 7.96. The molecule has 0 radical (unpaired) electrons. The van der Waals surface area contributed by atoms with Gasteiger partial charge in [0.15, 0.2) is 0 Å². The van der Waals surface area contributed by atoms with Gasteiger partial charge in [-0.15, -0.1) is 0 Å². The minimum absolute atomic E-state index is 0.0134. The highest BCUT2D eigenvalue weighted by molar-refractivity contribution is 6.91. The zero-order valence-corrected chi connectivity index (χ0v) is 20.7. The summed E-state index contributed by atoms with van der Waals surface area (Å²) in [5, 5.41) is 1.61. The fourth-order valence-electron chi connectivity index (χ4n) is 4.36. The van der Waals surface area contributed by atoms with Crippen LogP contribution in [0.3, 0.4) is 0 Å². The second kappa shape index (κ2) is 8.45. The van der Waals surface area contributed by atoms with Crippen LogP contribution in [0.5, 0.6) is 0 Å². The summed E-state index contributed by atoms with van der Waals surface area (Å²) in [5.41, 5.74) is 4.12. The van der Waals surface area contributed by atoms with E-state index in [0.29, 0.717) is 0 Å². The predicted molar refractivity (Wildman–Crippen MR) is 130 cm³/mol. The fraction of sp³-hybridized carbons (Fsp3) is 0.538. The molecule has 28 heavy (non-hydrogen) atoms. The minimum Gasteiger partial charge on any atom is -0.336 e. The Morgan fingerprint density at radius 2 is 1.04 bits per heavy atom. The van der Waals surface area contributed by atoms with Crippen molar-refractivity contribution >= 4 is 24.6 Å². The Labute approximate surface area is 175 Å². The number of anilines is 2. The number of benzene rings is 2. The van der Waals surface area contributed by atoms with Crippen molar-refractivity contribution in [3.8, 4) is 0 Å². The Kier molecular flexibility index (Phi) is 6.86. The minimum atomic E-state index is -1.32. The average Bonchev–Trinajstić information content (AvgIpc) is 2.63. The maximum Gasteiger partial charge on any atom is 0.0859 e. The molecule has 0 saturated carbocycles. The van der Waals surface area contributed by atoms with Crippen molar-refractivity contribution in [2.24, 2.45) is 0 Å². The zero-order chi connectivity index (χ0) is 21.2. The summed E-state index contributed by atoms with van der Waals surface area (Å²) < 4.78 is 0. The molecule has 0 aliphatic rings. The van der Waals surface area contributed by atoms with Crippen molar-refractivity contribution in [1.29, 1.82) is 0 Å². The van der Waals surface area contributed by atoms with E-state index in [1.165, 1.54) is 35.1 Å². The van der Waals surface area contributed by atoms with Crippen LogP contribution in [0.4, 0.5) is 11.4 Å². The molecule has 0 atom stereocenters. The van der Waals surface area contributed by atoms with Crippen LogP contribution in [0.15, 0.2) is 48.5 Å². The second-order valence-electron chi connectivity index (χ2n) is 10.2. The molecular weight excluding hydrogens is 354 g/mol. The molecule has 2 heteroatoms. The van der Waals surface area contributed by atoms with Gasteiger partial charge < -0.3 is 4.90 Å². The molecule has 0 aliphatic heterocycles. The van der Waals surface area contributed by atoms with Gasteiger partial charge in [-0.1, -0.05) is 89.1 Å².